The van der Waals surface area contributed by atoms with Crippen molar-refractivity contribution in [3.8, 4) is 11.3 Å². The Balaban J connectivity index is 1.82. The molecule has 32 heavy (non-hydrogen) atoms. The molecule has 0 saturated heterocycles. The molecule has 0 fully saturated rings. The van der Waals surface area contributed by atoms with Crippen LogP contribution < -0.4 is 0 Å². The molecule has 1 atom stereocenters. The number of methoxy groups -OCH3 is 1. The first-order valence-electron chi connectivity index (χ1n) is 9.79. The highest BCUT2D eigenvalue weighted by Gasteiger charge is 2.42. The number of nitrogens with one attached hydrogen (secondary N) is 1. The fourth-order valence-electron chi connectivity index (χ4n) is 3.92. The molecule has 0 spiro atoms. The van der Waals surface area contributed by atoms with Gasteiger partial charge in [0.15, 0.2) is 0 Å². The summed E-state index contributed by atoms with van der Waals surface area (Å²) in [5.74, 6) is -0.261. The van der Waals surface area contributed by atoms with E-state index >= 15 is 0 Å². The second kappa shape index (κ2) is 8.55. The highest BCUT2D eigenvalue weighted by atomic mass is 16.6. The molecule has 0 bridgehead atoms. The van der Waals surface area contributed by atoms with E-state index in [1.165, 1.54) is 24.3 Å². The van der Waals surface area contributed by atoms with Gasteiger partial charge in [-0.25, -0.2) is 0 Å². The molecule has 0 radical (unpaired) electrons. The molecular weight excluding hydrogens is 418 g/mol. The molecule has 0 aliphatic carbocycles. The highest BCUT2D eigenvalue weighted by molar-refractivity contribution is 6.00. The number of hydrogen-bond acceptors (Lipinski definition) is 7. The molecule has 1 aliphatic heterocycles. The minimum absolute atomic E-state index is 0.0599. The van der Waals surface area contributed by atoms with Crippen LogP contribution in [0.25, 0.3) is 11.3 Å². The van der Waals surface area contributed by atoms with Crippen LogP contribution in [0.2, 0.25) is 0 Å². The fourth-order valence-corrected chi connectivity index (χ4v) is 3.92. The van der Waals surface area contributed by atoms with Crippen LogP contribution in [0.1, 0.15) is 34.1 Å². The van der Waals surface area contributed by atoms with Gasteiger partial charge in [-0.05, 0) is 24.1 Å². The first-order valence-corrected chi connectivity index (χ1v) is 9.79. The molecule has 1 unspecified atom stereocenters. The van der Waals surface area contributed by atoms with E-state index in [2.05, 4.69) is 10.2 Å². The number of ether oxygens (including phenoxy) is 1. The lowest BCUT2D eigenvalue weighted by atomic mass is 9.95. The van der Waals surface area contributed by atoms with E-state index in [4.69, 9.17) is 4.74 Å². The Kier molecular flexibility index (Phi) is 5.65. The van der Waals surface area contributed by atoms with E-state index in [-0.39, 0.29) is 17.3 Å². The maximum Gasteiger partial charge on any atom is 0.273 e. The third-order valence-electron chi connectivity index (χ3n) is 5.36. The summed E-state index contributed by atoms with van der Waals surface area (Å²) >= 11 is 0. The van der Waals surface area contributed by atoms with E-state index in [1.807, 2.05) is 0 Å². The summed E-state index contributed by atoms with van der Waals surface area (Å²) < 4.78 is 5.11. The number of aromatic nitrogens is 2. The van der Waals surface area contributed by atoms with Crippen molar-refractivity contribution in [2.45, 2.75) is 12.5 Å². The maximum absolute atomic E-state index is 13.2. The van der Waals surface area contributed by atoms with Crippen LogP contribution in [-0.4, -0.2) is 51.1 Å². The molecule has 11 heteroatoms. The second-order valence-corrected chi connectivity index (χ2v) is 7.26. The summed E-state index contributed by atoms with van der Waals surface area (Å²) in [5, 5.41) is 29.4. The van der Waals surface area contributed by atoms with Crippen molar-refractivity contribution in [1.82, 2.24) is 15.1 Å². The van der Waals surface area contributed by atoms with Crippen molar-refractivity contribution in [2.75, 3.05) is 20.3 Å². The van der Waals surface area contributed by atoms with Gasteiger partial charge in [-0.3, -0.25) is 30.1 Å². The van der Waals surface area contributed by atoms with Crippen molar-refractivity contribution in [2.24, 2.45) is 0 Å². The number of nitro benzene ring substituents is 2. The molecule has 1 aromatic heterocycles. The molecule has 1 amide bonds. The summed E-state index contributed by atoms with van der Waals surface area (Å²) in [4.78, 5) is 36.1. The first kappa shape index (κ1) is 21.1. The third-order valence-corrected chi connectivity index (χ3v) is 5.36. The topological polar surface area (TPSA) is 144 Å². The van der Waals surface area contributed by atoms with Gasteiger partial charge in [0.2, 0.25) is 0 Å². The number of H-pyrrole nitrogens is 1. The third kappa shape index (κ3) is 3.69. The summed E-state index contributed by atoms with van der Waals surface area (Å²) in [5.41, 5.74) is 2.33. The van der Waals surface area contributed by atoms with E-state index in [0.717, 1.165) is 0 Å². The van der Waals surface area contributed by atoms with Gasteiger partial charge in [0.1, 0.15) is 5.69 Å². The average molecular weight is 437 g/mol. The predicted octanol–water partition coefficient (Wildman–Crippen LogP) is 3.47. The smallest absolute Gasteiger partial charge is 0.273 e. The Morgan fingerprint density at radius 3 is 2.47 bits per heavy atom. The number of amides is 1. The average Bonchev–Trinajstić information content (AvgIpc) is 3.33. The number of benzene rings is 2. The normalized spacial score (nSPS) is 15.1. The lowest BCUT2D eigenvalue weighted by Crippen LogP contribution is -2.31. The number of carbonyl (C=O) groups excluding carboxylic acids is 1. The van der Waals surface area contributed by atoms with Crippen molar-refractivity contribution in [3.63, 3.8) is 0 Å². The van der Waals surface area contributed by atoms with Gasteiger partial charge in [-0.1, -0.05) is 12.1 Å². The molecule has 2 heterocycles. The zero-order valence-electron chi connectivity index (χ0n) is 17.1. The second-order valence-electron chi connectivity index (χ2n) is 7.26. The Morgan fingerprint density at radius 1 is 1.09 bits per heavy atom. The van der Waals surface area contributed by atoms with Crippen LogP contribution >= 0.6 is 0 Å². The van der Waals surface area contributed by atoms with Crippen LogP contribution in [0.5, 0.6) is 0 Å². The zero-order chi connectivity index (χ0) is 22.8. The molecular formula is C21H19N5O6. The van der Waals surface area contributed by atoms with Gasteiger partial charge in [-0.15, -0.1) is 0 Å². The van der Waals surface area contributed by atoms with E-state index < -0.39 is 15.9 Å². The number of non-ortho nitro benzene ring substituents is 2. The van der Waals surface area contributed by atoms with Crippen LogP contribution in [0.15, 0.2) is 48.5 Å². The molecule has 11 nitrogen and oxygen atoms in total. The number of carbonyl (C=O) groups is 1. The number of aromatic amines is 1. The van der Waals surface area contributed by atoms with Crippen LogP contribution in [-0.2, 0) is 4.74 Å². The van der Waals surface area contributed by atoms with E-state index in [9.17, 15) is 25.0 Å². The molecule has 2 aromatic carbocycles. The summed E-state index contributed by atoms with van der Waals surface area (Å²) in [6, 6.07) is 11.5. The summed E-state index contributed by atoms with van der Waals surface area (Å²) in [6.07, 6.45) is 0.593. The number of fused-ring (bicyclic) bond motifs is 1. The molecule has 164 valence electrons. The van der Waals surface area contributed by atoms with Crippen LogP contribution in [0, 0.1) is 20.2 Å². The Bertz CT molecular complexity index is 1190. The van der Waals surface area contributed by atoms with Crippen LogP contribution in [0.3, 0.4) is 0 Å². The largest absolute Gasteiger partial charge is 0.385 e. The Labute approximate surface area is 181 Å². The quantitative estimate of drug-likeness (QED) is 0.323. The Hall–Kier alpha value is -4.12. The highest BCUT2D eigenvalue weighted by Crippen LogP contribution is 2.43. The van der Waals surface area contributed by atoms with Crippen molar-refractivity contribution >= 4 is 17.3 Å². The minimum atomic E-state index is -0.553. The number of nitrogens with zero attached hydrogens (tertiary/aromatic N) is 4. The van der Waals surface area contributed by atoms with Gasteiger partial charge >= 0.3 is 0 Å². The van der Waals surface area contributed by atoms with Crippen molar-refractivity contribution in [1.29, 1.82) is 0 Å². The Morgan fingerprint density at radius 2 is 1.81 bits per heavy atom. The minimum Gasteiger partial charge on any atom is -0.385 e. The predicted molar refractivity (Wildman–Crippen MR) is 113 cm³/mol. The first-order chi connectivity index (χ1) is 15.4. The molecule has 1 N–H and O–H groups in total. The van der Waals surface area contributed by atoms with Gasteiger partial charge < -0.3 is 9.64 Å². The lowest BCUT2D eigenvalue weighted by molar-refractivity contribution is -0.385. The monoisotopic (exact) mass is 437 g/mol. The van der Waals surface area contributed by atoms with Gasteiger partial charge in [0, 0.05) is 55.7 Å². The summed E-state index contributed by atoms with van der Waals surface area (Å²) in [6.45, 7) is 0.853. The van der Waals surface area contributed by atoms with Gasteiger partial charge in [0.25, 0.3) is 17.3 Å². The number of nitro groups is 2. The molecule has 3 aromatic rings. The van der Waals surface area contributed by atoms with Crippen molar-refractivity contribution in [3.05, 3.63) is 85.6 Å². The van der Waals surface area contributed by atoms with E-state index in [1.54, 1.807) is 36.3 Å². The van der Waals surface area contributed by atoms with E-state index in [0.29, 0.717) is 47.7 Å². The maximum atomic E-state index is 13.2. The molecule has 0 saturated carbocycles. The molecule has 4 rings (SSSR count). The lowest BCUT2D eigenvalue weighted by Gasteiger charge is -2.26. The summed E-state index contributed by atoms with van der Waals surface area (Å²) in [7, 11) is 1.58. The standard InChI is InChI=1S/C21H19N5O6/c1-32-11-3-10-24-20(13-6-8-15(9-7-13)25(28)29)17-18(22-23-19(17)21(24)27)14-4-2-5-16(12-14)26(30)31/h2,4-9,12,20H,3,10-11H2,1H3,(H,22,23). The molecule has 1 aliphatic rings. The number of hydrogen-bond donors (Lipinski definition) is 1. The fraction of sp³-hybridized carbons (Fsp3) is 0.238. The van der Waals surface area contributed by atoms with Gasteiger partial charge in [-0.2, -0.15) is 5.10 Å². The SMILES string of the molecule is COCCCN1C(=O)c2[nH]nc(-c3cccc([N+](=O)[O-])c3)c2C1c1ccc([N+](=O)[O-])cc1. The van der Waals surface area contributed by atoms with Gasteiger partial charge in [0.05, 0.1) is 21.6 Å². The zero-order valence-corrected chi connectivity index (χ0v) is 17.1. The van der Waals surface area contributed by atoms with Crippen molar-refractivity contribution < 1.29 is 19.4 Å². The number of rotatable bonds is 8. The van der Waals surface area contributed by atoms with Crippen LogP contribution in [0.4, 0.5) is 11.4 Å².